The maximum atomic E-state index is 12.5. The number of carbonyl (C=O) groups is 2. The molecule has 1 aliphatic heterocycles. The molecule has 2 amide bonds. The number of benzene rings is 2. The number of hydrogen-bond acceptors (Lipinski definition) is 7. The van der Waals surface area contributed by atoms with E-state index in [1.165, 1.54) is 19.2 Å². The van der Waals surface area contributed by atoms with E-state index >= 15 is 0 Å². The van der Waals surface area contributed by atoms with Gasteiger partial charge in [-0.2, -0.15) is 0 Å². The molecule has 1 fully saturated rings. The fraction of sp³-hybridized carbons (Fsp3) is 0.286. The van der Waals surface area contributed by atoms with E-state index in [2.05, 4.69) is 15.5 Å². The summed E-state index contributed by atoms with van der Waals surface area (Å²) in [4.78, 5) is 38.4. The average Bonchev–Trinajstić information content (AvgIpc) is 2.78. The zero-order valence-corrected chi connectivity index (χ0v) is 19.5. The van der Waals surface area contributed by atoms with E-state index in [1.54, 1.807) is 24.0 Å². The van der Waals surface area contributed by atoms with E-state index in [-0.39, 0.29) is 28.0 Å². The van der Waals surface area contributed by atoms with Crippen molar-refractivity contribution in [1.29, 1.82) is 0 Å². The van der Waals surface area contributed by atoms with Crippen LogP contribution >= 0.6 is 23.8 Å². The molecule has 174 valence electrons. The highest BCUT2D eigenvalue weighted by Gasteiger charge is 2.21. The number of methoxy groups -OCH3 is 1. The molecule has 0 unspecified atom stereocenters. The molecule has 2 aromatic carbocycles. The molecular formula is C21H22ClN5O5S. The predicted octanol–water partition coefficient (Wildman–Crippen LogP) is 3.05. The second-order valence-electron chi connectivity index (χ2n) is 7.21. The Balaban J connectivity index is 1.62. The normalized spacial score (nSPS) is 13.3. The monoisotopic (exact) mass is 491 g/mol. The van der Waals surface area contributed by atoms with Gasteiger partial charge in [0, 0.05) is 50.4 Å². The highest BCUT2D eigenvalue weighted by Crippen LogP contribution is 2.30. The Morgan fingerprint density at radius 3 is 2.42 bits per heavy atom. The molecule has 0 saturated carbocycles. The number of hydrogen-bond donors (Lipinski definition) is 2. The van der Waals surface area contributed by atoms with Crippen LogP contribution in [-0.4, -0.2) is 60.0 Å². The highest BCUT2D eigenvalue weighted by molar-refractivity contribution is 7.80. The second-order valence-corrected chi connectivity index (χ2v) is 8.03. The number of anilines is 2. The van der Waals surface area contributed by atoms with E-state index in [4.69, 9.17) is 28.6 Å². The molecule has 0 spiro atoms. The molecule has 0 atom stereocenters. The number of nitro benzene ring substituents is 1. The fourth-order valence-electron chi connectivity index (χ4n) is 3.41. The largest absolute Gasteiger partial charge is 0.490 e. The molecule has 2 N–H and O–H groups in total. The molecule has 0 aliphatic carbocycles. The number of halogens is 1. The summed E-state index contributed by atoms with van der Waals surface area (Å²) in [5.41, 5.74) is 1.14. The van der Waals surface area contributed by atoms with Gasteiger partial charge in [-0.3, -0.25) is 25.0 Å². The van der Waals surface area contributed by atoms with Gasteiger partial charge in [-0.05, 0) is 42.5 Å². The Hall–Kier alpha value is -3.44. The molecule has 1 aliphatic rings. The lowest BCUT2D eigenvalue weighted by molar-refractivity contribution is -0.385. The van der Waals surface area contributed by atoms with Gasteiger partial charge in [-0.1, -0.05) is 11.6 Å². The van der Waals surface area contributed by atoms with Crippen molar-refractivity contribution in [3.05, 3.63) is 57.1 Å². The van der Waals surface area contributed by atoms with Crippen molar-refractivity contribution in [2.75, 3.05) is 43.5 Å². The van der Waals surface area contributed by atoms with Crippen molar-refractivity contribution in [3.8, 4) is 5.75 Å². The maximum Gasteiger partial charge on any atom is 0.311 e. The molecule has 0 aromatic heterocycles. The smallest absolute Gasteiger partial charge is 0.311 e. The SMILES string of the molecule is COc1ccc(C(=O)NC(=S)Nc2ccc(N3CCN(C(C)=O)CC3)c(Cl)c2)cc1[N+](=O)[O-]. The Morgan fingerprint density at radius 2 is 1.85 bits per heavy atom. The summed E-state index contributed by atoms with van der Waals surface area (Å²) >= 11 is 11.6. The Morgan fingerprint density at radius 1 is 1.15 bits per heavy atom. The van der Waals surface area contributed by atoms with E-state index in [0.717, 1.165) is 11.8 Å². The Labute approximate surface area is 200 Å². The zero-order chi connectivity index (χ0) is 24.1. The van der Waals surface area contributed by atoms with Crippen LogP contribution in [0.4, 0.5) is 17.1 Å². The van der Waals surface area contributed by atoms with Crippen molar-refractivity contribution in [1.82, 2.24) is 10.2 Å². The lowest BCUT2D eigenvalue weighted by Gasteiger charge is -2.36. The van der Waals surface area contributed by atoms with Crippen molar-refractivity contribution in [2.24, 2.45) is 0 Å². The van der Waals surface area contributed by atoms with Gasteiger partial charge in [0.15, 0.2) is 10.9 Å². The van der Waals surface area contributed by atoms with Crippen molar-refractivity contribution in [2.45, 2.75) is 6.92 Å². The first-order chi connectivity index (χ1) is 15.7. The molecule has 12 heteroatoms. The van der Waals surface area contributed by atoms with Crippen molar-refractivity contribution < 1.29 is 19.2 Å². The first kappa shape index (κ1) is 24.2. The number of ether oxygens (including phenoxy) is 1. The van der Waals surface area contributed by atoms with Crippen LogP contribution < -0.4 is 20.3 Å². The first-order valence-corrected chi connectivity index (χ1v) is 10.7. The molecule has 10 nitrogen and oxygen atoms in total. The maximum absolute atomic E-state index is 12.5. The predicted molar refractivity (Wildman–Crippen MR) is 129 cm³/mol. The highest BCUT2D eigenvalue weighted by atomic mass is 35.5. The van der Waals surface area contributed by atoms with Gasteiger partial charge in [0.25, 0.3) is 5.91 Å². The van der Waals surface area contributed by atoms with Gasteiger partial charge >= 0.3 is 5.69 Å². The third kappa shape index (κ3) is 5.88. The molecule has 3 rings (SSSR count). The van der Waals surface area contributed by atoms with Gasteiger partial charge in [0.05, 0.1) is 22.7 Å². The van der Waals surface area contributed by atoms with Crippen LogP contribution in [0, 0.1) is 10.1 Å². The summed E-state index contributed by atoms with van der Waals surface area (Å²) in [7, 11) is 1.31. The minimum Gasteiger partial charge on any atom is -0.490 e. The van der Waals surface area contributed by atoms with Gasteiger partial charge in [-0.25, -0.2) is 0 Å². The van der Waals surface area contributed by atoms with Crippen molar-refractivity contribution in [3.63, 3.8) is 0 Å². The minimum absolute atomic E-state index is 0.0114. The number of nitrogens with one attached hydrogen (secondary N) is 2. The molecule has 0 bridgehead atoms. The van der Waals surface area contributed by atoms with Crippen LogP contribution in [0.3, 0.4) is 0 Å². The second kappa shape index (κ2) is 10.5. The molecule has 1 saturated heterocycles. The lowest BCUT2D eigenvalue weighted by atomic mass is 10.1. The van der Waals surface area contributed by atoms with Crippen LogP contribution in [0.2, 0.25) is 5.02 Å². The van der Waals surface area contributed by atoms with E-state index in [1.807, 2.05) is 6.07 Å². The summed E-state index contributed by atoms with van der Waals surface area (Å²) in [6, 6.07) is 9.17. The van der Waals surface area contributed by atoms with Crippen molar-refractivity contribution >= 4 is 57.8 Å². The van der Waals surface area contributed by atoms with E-state index in [9.17, 15) is 19.7 Å². The summed E-state index contributed by atoms with van der Waals surface area (Å²) in [5, 5.41) is 17.0. The molecule has 1 heterocycles. The fourth-order valence-corrected chi connectivity index (χ4v) is 3.93. The summed E-state index contributed by atoms with van der Waals surface area (Å²) < 4.78 is 4.94. The number of thiocarbonyl (C=S) groups is 1. The first-order valence-electron chi connectivity index (χ1n) is 9.94. The molecule has 2 aromatic rings. The van der Waals surface area contributed by atoms with Crippen LogP contribution in [0.5, 0.6) is 5.75 Å². The lowest BCUT2D eigenvalue weighted by Crippen LogP contribution is -2.48. The quantitative estimate of drug-likeness (QED) is 0.372. The van der Waals surface area contributed by atoms with Crippen LogP contribution in [0.1, 0.15) is 17.3 Å². The number of nitro groups is 1. The summed E-state index contributed by atoms with van der Waals surface area (Å²) in [6.07, 6.45) is 0. The van der Waals surface area contributed by atoms with Crippen LogP contribution in [-0.2, 0) is 4.79 Å². The average molecular weight is 492 g/mol. The summed E-state index contributed by atoms with van der Waals surface area (Å²) in [5.74, 6) is -0.501. The number of piperazine rings is 1. The van der Waals surface area contributed by atoms with E-state index < -0.39 is 10.8 Å². The van der Waals surface area contributed by atoms with Gasteiger partial charge in [-0.15, -0.1) is 0 Å². The topological polar surface area (TPSA) is 117 Å². The third-order valence-corrected chi connectivity index (χ3v) is 5.64. The van der Waals surface area contributed by atoms with Crippen LogP contribution in [0.15, 0.2) is 36.4 Å². The zero-order valence-electron chi connectivity index (χ0n) is 18.0. The molecule has 0 radical (unpaired) electrons. The standard InChI is InChI=1S/C21H22ClN5O5S/c1-13(28)25-7-9-26(10-8-25)17-5-4-15(12-16(17)22)23-21(33)24-20(29)14-3-6-19(32-2)18(11-14)27(30)31/h3-6,11-12H,7-10H2,1-2H3,(H2,23,24,29,33). The van der Waals surface area contributed by atoms with E-state index in [0.29, 0.717) is 36.9 Å². The Kier molecular flexibility index (Phi) is 7.67. The number of carbonyl (C=O) groups excluding carboxylic acids is 2. The number of amides is 2. The molecular weight excluding hydrogens is 470 g/mol. The Bertz CT molecular complexity index is 1100. The van der Waals surface area contributed by atoms with Gasteiger partial charge in [0.1, 0.15) is 0 Å². The van der Waals surface area contributed by atoms with Gasteiger partial charge in [0.2, 0.25) is 5.91 Å². The summed E-state index contributed by atoms with van der Waals surface area (Å²) in [6.45, 7) is 4.17. The number of nitrogens with zero attached hydrogens (tertiary/aromatic N) is 3. The third-order valence-electron chi connectivity index (χ3n) is 5.14. The van der Waals surface area contributed by atoms with Gasteiger partial charge < -0.3 is 19.9 Å². The minimum atomic E-state index is -0.629. The molecule has 33 heavy (non-hydrogen) atoms. The van der Waals surface area contributed by atoms with Crippen LogP contribution in [0.25, 0.3) is 0 Å². The number of rotatable bonds is 5.